The fraction of sp³-hybridized carbons (Fsp3) is 0.269. The topological polar surface area (TPSA) is 103 Å². The van der Waals surface area contributed by atoms with Crippen LogP contribution in [0.2, 0.25) is 0 Å². The van der Waals surface area contributed by atoms with E-state index in [2.05, 4.69) is 277 Å². The molecule has 0 saturated carbocycles. The molecule has 1 aromatic heterocycles. The van der Waals surface area contributed by atoms with Crippen LogP contribution in [-0.2, 0) is 41.7 Å². The summed E-state index contributed by atoms with van der Waals surface area (Å²) in [5, 5.41) is 15.8. The van der Waals surface area contributed by atoms with Gasteiger partial charge in [-0.2, -0.15) is 0 Å². The number of fused-ring (bicyclic) bond motifs is 9. The standard InChI is InChI=1S/2C26H25N3.C17H18N2.C9H9NO.H2/c2*1-3-9-18(10-4-1)17-28-16-15-26-20-13-7-8-14-21(20)27-25(26)29-22(23(29)24(26)28)19-11-5-2-6-12-19;1-2-6-14(7-3-1)12-18-11-10-15-13-19-17-9-5-4-8-16(15)17;11-6-8-9(10-8)7-4-2-1-3-5-7;/h2*1-14,22-25,27H,15-17H2;1-9,13,18-19H,10-12H2;1-6,8-10H;1H/t22?,23-,24+,25+,26-,29?;22?,23-,24-,25-,26+,29?;;8-,9?;/m11.1./s1/i;;;;1+1. The summed E-state index contributed by atoms with van der Waals surface area (Å²) in [5.74, 6) is 0. The zero-order valence-electron chi connectivity index (χ0n) is 49.7. The van der Waals surface area contributed by atoms with Gasteiger partial charge in [-0.3, -0.25) is 24.9 Å². The van der Waals surface area contributed by atoms with Gasteiger partial charge < -0.3 is 25.7 Å². The molecule has 19 rings (SSSR count). The lowest BCUT2D eigenvalue weighted by atomic mass is 9.73. The number of hydrogen-bond donors (Lipinski definition) is 5. The Morgan fingerprint density at radius 1 is 0.489 bits per heavy atom. The highest BCUT2D eigenvalue weighted by Crippen LogP contribution is 2.69. The molecule has 9 aliphatic rings. The molecule has 0 aliphatic carbocycles. The Labute approximate surface area is 519 Å². The van der Waals surface area contributed by atoms with Crippen LogP contribution in [0.3, 0.4) is 0 Å². The zero-order valence-corrected chi connectivity index (χ0v) is 49.7. The maximum Gasteiger partial charge on any atom is 0.138 e. The van der Waals surface area contributed by atoms with Gasteiger partial charge in [0, 0.05) is 84.5 Å². The average molecular weight is 1160 g/mol. The molecule has 442 valence electrons. The number of rotatable bonds is 13. The number of carbonyl (C=O) groups excluding carboxylic acids is 1. The number of aromatic nitrogens is 1. The minimum Gasteiger partial charge on any atom is -0.368 e. The first kappa shape index (κ1) is 54.9. The molecule has 0 amide bonds. The first-order valence-electron chi connectivity index (χ1n) is 32.1. The number of H-pyrrole nitrogens is 1. The van der Waals surface area contributed by atoms with Crippen LogP contribution < -0.4 is 21.3 Å². The number of hydrogen-bond acceptors (Lipinski definition) is 9. The van der Waals surface area contributed by atoms with E-state index in [1.165, 1.54) is 87.2 Å². The Kier molecular flexibility index (Phi) is 14.5. The van der Waals surface area contributed by atoms with Crippen LogP contribution in [0.4, 0.5) is 11.4 Å². The first-order valence-corrected chi connectivity index (χ1v) is 32.1. The fourth-order valence-electron chi connectivity index (χ4n) is 17.2. The van der Waals surface area contributed by atoms with E-state index in [4.69, 9.17) is 0 Å². The van der Waals surface area contributed by atoms with Crippen LogP contribution in [0.1, 0.15) is 82.5 Å². The maximum atomic E-state index is 10.3. The van der Waals surface area contributed by atoms with Crippen molar-refractivity contribution in [1.29, 1.82) is 0 Å². The average Bonchev–Trinajstić information content (AvgIpc) is 1.49. The van der Waals surface area contributed by atoms with Crippen molar-refractivity contribution < 1.29 is 6.22 Å². The number of piperidine rings is 2. The fourth-order valence-corrected chi connectivity index (χ4v) is 17.2. The van der Waals surface area contributed by atoms with Crippen molar-refractivity contribution in [2.75, 3.05) is 30.3 Å². The summed E-state index contributed by atoms with van der Waals surface area (Å²) < 4.78 is 0. The number of aldehydes is 1. The monoisotopic (exact) mass is 1160 g/mol. The van der Waals surface area contributed by atoms with Gasteiger partial charge in [-0.25, -0.2) is 0 Å². The van der Waals surface area contributed by atoms with Gasteiger partial charge in [0.05, 0.1) is 36.5 Å². The third kappa shape index (κ3) is 9.69. The molecule has 5 N–H and O–H groups in total. The normalized spacial score (nSPS) is 29.6. The lowest BCUT2D eigenvalue weighted by Crippen LogP contribution is -2.48. The molecule has 2 spiro atoms. The summed E-state index contributed by atoms with van der Waals surface area (Å²) in [6.45, 7) is 6.39. The molecule has 10 aromatic rings. The summed E-state index contributed by atoms with van der Waals surface area (Å²) in [5.41, 5.74) is 17.2. The number of likely N-dealkylation sites (tertiary alicyclic amines) is 2. The minimum absolute atomic E-state index is 0. The maximum absolute atomic E-state index is 10.3. The molecule has 0 bridgehead atoms. The highest BCUT2D eigenvalue weighted by Gasteiger charge is 2.78. The summed E-state index contributed by atoms with van der Waals surface area (Å²) in [6, 6.07) is 95.1. The number of anilines is 2. The van der Waals surface area contributed by atoms with Gasteiger partial charge in [-0.05, 0) is 107 Å². The van der Waals surface area contributed by atoms with Crippen molar-refractivity contribution in [3.63, 3.8) is 0 Å². The van der Waals surface area contributed by atoms with E-state index in [1.807, 2.05) is 30.3 Å². The third-order valence-corrected chi connectivity index (χ3v) is 21.0. The van der Waals surface area contributed by atoms with Crippen LogP contribution in [0.5, 0.6) is 0 Å². The van der Waals surface area contributed by atoms with Crippen molar-refractivity contribution in [3.05, 3.63) is 311 Å². The number of nitrogens with zero attached hydrogens (tertiary/aromatic N) is 4. The lowest BCUT2D eigenvalue weighted by Gasteiger charge is -2.36. The van der Waals surface area contributed by atoms with E-state index < -0.39 is 0 Å². The Morgan fingerprint density at radius 2 is 0.920 bits per heavy atom. The summed E-state index contributed by atoms with van der Waals surface area (Å²) in [6.07, 6.45) is 7.45. The largest absolute Gasteiger partial charge is 0.368 e. The molecule has 0 radical (unpaired) electrons. The van der Waals surface area contributed by atoms with Gasteiger partial charge in [-0.1, -0.05) is 237 Å². The molecule has 14 atom stereocenters. The molecule has 9 aliphatic heterocycles. The SMILES string of the molecule is O=C[C@H]1NC1c1ccccc1.[2HH].c1ccc(CN2CC[C@@]34c5ccccc5N[C@@H]3N3C(c5ccccc5)[C@@H]3[C@@H]24)cc1.c1ccc(CN2CC[C@]34c5ccccc5N[C@H]3N3C(c5ccccc5)[C@@H]3[C@H]24)cc1.c1ccc(CNCCc2c[nH]c3ccccc23)cc1. The smallest absolute Gasteiger partial charge is 0.138 e. The Morgan fingerprint density at radius 3 is 1.41 bits per heavy atom. The van der Waals surface area contributed by atoms with Gasteiger partial charge in [0.15, 0.2) is 0 Å². The van der Waals surface area contributed by atoms with E-state index in [0.29, 0.717) is 48.6 Å². The van der Waals surface area contributed by atoms with Gasteiger partial charge in [-0.15, -0.1) is 0 Å². The Balaban J connectivity index is 0.000000104. The highest BCUT2D eigenvalue weighted by molar-refractivity contribution is 5.83. The van der Waals surface area contributed by atoms with Crippen LogP contribution in [0.15, 0.2) is 261 Å². The van der Waals surface area contributed by atoms with Gasteiger partial charge in [0.25, 0.3) is 0 Å². The van der Waals surface area contributed by atoms with Gasteiger partial charge in [0.1, 0.15) is 6.29 Å². The van der Waals surface area contributed by atoms with Crippen molar-refractivity contribution in [1.82, 2.24) is 35.2 Å². The molecule has 5 unspecified atom stereocenters. The number of carbonyl (C=O) groups is 1. The molecule has 9 aromatic carbocycles. The van der Waals surface area contributed by atoms with Crippen molar-refractivity contribution >= 4 is 28.6 Å². The molecule has 10 nitrogen and oxygen atoms in total. The second kappa shape index (κ2) is 23.2. The zero-order chi connectivity index (χ0) is 58.6. The predicted octanol–water partition coefficient (Wildman–Crippen LogP) is 13.4. The van der Waals surface area contributed by atoms with Crippen LogP contribution in [0.25, 0.3) is 10.9 Å². The van der Waals surface area contributed by atoms with Crippen LogP contribution in [-0.4, -0.2) is 93.0 Å². The Hall–Kier alpha value is -8.45. The highest BCUT2D eigenvalue weighted by atomic mass is 16.1. The number of nitrogens with one attached hydrogen (secondary N) is 5. The van der Waals surface area contributed by atoms with Crippen molar-refractivity contribution in [2.45, 2.75) is 110 Å². The molecule has 88 heavy (non-hydrogen) atoms. The first-order chi connectivity index (χ1) is 43.6. The third-order valence-electron chi connectivity index (χ3n) is 21.0. The summed E-state index contributed by atoms with van der Waals surface area (Å²) in [4.78, 5) is 24.7. The molecular weight excluding hydrogens is 1080 g/mol. The molecule has 7 fully saturated rings. The second-order valence-corrected chi connectivity index (χ2v) is 25.6. The van der Waals surface area contributed by atoms with Crippen molar-refractivity contribution in [3.8, 4) is 0 Å². The number of para-hydroxylation sites is 3. The molecule has 10 heteroatoms. The number of benzene rings is 9. The van der Waals surface area contributed by atoms with E-state index in [-0.39, 0.29) is 24.3 Å². The van der Waals surface area contributed by atoms with E-state index in [1.54, 1.807) is 11.1 Å². The van der Waals surface area contributed by atoms with Gasteiger partial charge in [0.2, 0.25) is 0 Å². The van der Waals surface area contributed by atoms with E-state index in [0.717, 1.165) is 38.9 Å². The van der Waals surface area contributed by atoms with Gasteiger partial charge >= 0.3 is 0 Å². The lowest BCUT2D eigenvalue weighted by molar-refractivity contribution is -0.107. The summed E-state index contributed by atoms with van der Waals surface area (Å²) in [7, 11) is 0. The summed E-state index contributed by atoms with van der Waals surface area (Å²) >= 11 is 0. The van der Waals surface area contributed by atoms with Crippen LogP contribution >= 0.6 is 0 Å². The van der Waals surface area contributed by atoms with E-state index >= 15 is 0 Å². The number of aromatic amines is 1. The van der Waals surface area contributed by atoms with Crippen LogP contribution in [0, 0.1) is 0 Å². The minimum atomic E-state index is 0. The molecule has 7 saturated heterocycles. The quantitative estimate of drug-likeness (QED) is 0.0439. The second-order valence-electron chi connectivity index (χ2n) is 25.6. The molecule has 10 heterocycles. The molecular formula is C78H79N9O. The Bertz CT molecular complexity index is 3860. The van der Waals surface area contributed by atoms with E-state index in [9.17, 15) is 4.79 Å². The predicted molar refractivity (Wildman–Crippen MR) is 356 cm³/mol. The van der Waals surface area contributed by atoms with Crippen molar-refractivity contribution in [2.24, 2.45) is 0 Å².